The van der Waals surface area contributed by atoms with Crippen LogP contribution in [0.5, 0.6) is 0 Å². The van der Waals surface area contributed by atoms with Gasteiger partial charge in [-0.3, -0.25) is 4.79 Å². The van der Waals surface area contributed by atoms with Gasteiger partial charge in [0, 0.05) is 12.1 Å². The molecule has 0 bridgehead atoms. The highest BCUT2D eigenvalue weighted by Gasteiger charge is 2.20. The van der Waals surface area contributed by atoms with Gasteiger partial charge in [-0.25, -0.2) is 0 Å². The topological polar surface area (TPSA) is 58.6 Å². The number of carbonyl (C=O) groups excluding carboxylic acids is 1. The molecule has 0 aromatic carbocycles. The standard InChI is InChI=1S/C12H25NO3/c1-5-12(4,6-2)13-9-10(14)8-11(15)16-7-3/h10,13-14H,5-9H2,1-4H3. The summed E-state index contributed by atoms with van der Waals surface area (Å²) in [6, 6.07) is 0. The van der Waals surface area contributed by atoms with Gasteiger partial charge >= 0.3 is 5.97 Å². The summed E-state index contributed by atoms with van der Waals surface area (Å²) in [7, 11) is 0. The molecule has 0 amide bonds. The van der Waals surface area contributed by atoms with E-state index in [0.29, 0.717) is 13.2 Å². The van der Waals surface area contributed by atoms with Crippen LogP contribution in [0.2, 0.25) is 0 Å². The van der Waals surface area contributed by atoms with Crippen LogP contribution in [0.15, 0.2) is 0 Å². The largest absolute Gasteiger partial charge is 0.466 e. The summed E-state index contributed by atoms with van der Waals surface area (Å²) in [6.45, 7) is 8.87. The van der Waals surface area contributed by atoms with E-state index in [1.165, 1.54) is 0 Å². The van der Waals surface area contributed by atoms with Gasteiger partial charge in [0.1, 0.15) is 0 Å². The second-order valence-electron chi connectivity index (χ2n) is 4.31. The van der Waals surface area contributed by atoms with Crippen molar-refractivity contribution in [1.82, 2.24) is 5.32 Å². The zero-order valence-electron chi connectivity index (χ0n) is 10.9. The quantitative estimate of drug-likeness (QED) is 0.621. The zero-order valence-corrected chi connectivity index (χ0v) is 10.9. The van der Waals surface area contributed by atoms with Crippen molar-refractivity contribution >= 4 is 5.97 Å². The summed E-state index contributed by atoms with van der Waals surface area (Å²) in [6.07, 6.45) is 1.38. The first-order chi connectivity index (χ1) is 7.47. The number of hydrogen-bond acceptors (Lipinski definition) is 4. The Bertz CT molecular complexity index is 202. The highest BCUT2D eigenvalue weighted by molar-refractivity contribution is 5.69. The normalized spacial score (nSPS) is 13.6. The molecule has 0 fully saturated rings. The molecule has 4 heteroatoms. The Morgan fingerprint density at radius 3 is 2.38 bits per heavy atom. The maximum absolute atomic E-state index is 11.1. The first-order valence-electron chi connectivity index (χ1n) is 6.06. The van der Waals surface area contributed by atoms with Gasteiger partial charge in [-0.15, -0.1) is 0 Å². The van der Waals surface area contributed by atoms with E-state index in [2.05, 4.69) is 26.1 Å². The molecule has 4 nitrogen and oxygen atoms in total. The van der Waals surface area contributed by atoms with Crippen LogP contribution >= 0.6 is 0 Å². The lowest BCUT2D eigenvalue weighted by atomic mass is 9.95. The van der Waals surface area contributed by atoms with Crippen LogP contribution in [0.4, 0.5) is 0 Å². The van der Waals surface area contributed by atoms with Crippen molar-refractivity contribution in [2.24, 2.45) is 0 Å². The van der Waals surface area contributed by atoms with Crippen molar-refractivity contribution in [3.8, 4) is 0 Å². The van der Waals surface area contributed by atoms with Crippen LogP contribution in [-0.4, -0.2) is 35.9 Å². The Balaban J connectivity index is 3.88. The molecule has 0 aliphatic carbocycles. The average Bonchev–Trinajstić information content (AvgIpc) is 2.26. The van der Waals surface area contributed by atoms with Crippen LogP contribution in [0.25, 0.3) is 0 Å². The molecule has 0 saturated heterocycles. The summed E-state index contributed by atoms with van der Waals surface area (Å²) in [4.78, 5) is 11.1. The number of β-amino-alcohol motifs (C(OH)–C–C–N with tert-alkyl or cyclic N) is 1. The van der Waals surface area contributed by atoms with Crippen molar-refractivity contribution in [1.29, 1.82) is 0 Å². The first kappa shape index (κ1) is 15.4. The number of nitrogens with one attached hydrogen (secondary N) is 1. The van der Waals surface area contributed by atoms with Gasteiger partial charge in [-0.1, -0.05) is 13.8 Å². The second-order valence-corrected chi connectivity index (χ2v) is 4.31. The summed E-state index contributed by atoms with van der Waals surface area (Å²) >= 11 is 0. The molecule has 0 aromatic heterocycles. The van der Waals surface area contributed by atoms with Crippen molar-refractivity contribution in [2.75, 3.05) is 13.2 Å². The lowest BCUT2D eigenvalue weighted by Crippen LogP contribution is -2.45. The molecule has 0 saturated carbocycles. The molecule has 2 N–H and O–H groups in total. The molecule has 1 atom stereocenters. The van der Waals surface area contributed by atoms with E-state index in [0.717, 1.165) is 12.8 Å². The third kappa shape index (κ3) is 6.08. The zero-order chi connectivity index (χ0) is 12.6. The maximum atomic E-state index is 11.1. The second kappa shape index (κ2) is 7.63. The third-order valence-corrected chi connectivity index (χ3v) is 3.03. The van der Waals surface area contributed by atoms with Crippen LogP contribution < -0.4 is 5.32 Å². The summed E-state index contributed by atoms with van der Waals surface area (Å²) in [5.41, 5.74) is 0.0373. The van der Waals surface area contributed by atoms with Gasteiger partial charge in [-0.2, -0.15) is 0 Å². The molecule has 0 aromatic rings. The van der Waals surface area contributed by atoms with Crippen LogP contribution in [0.3, 0.4) is 0 Å². The van der Waals surface area contributed by atoms with Gasteiger partial charge in [-0.05, 0) is 26.7 Å². The van der Waals surface area contributed by atoms with Crippen molar-refractivity contribution in [3.05, 3.63) is 0 Å². The fourth-order valence-corrected chi connectivity index (χ4v) is 1.35. The Kier molecular flexibility index (Phi) is 7.34. The predicted octanol–water partition coefficient (Wildman–Crippen LogP) is 1.47. The fraction of sp³-hybridized carbons (Fsp3) is 0.917. The minimum absolute atomic E-state index is 0.0373. The van der Waals surface area contributed by atoms with Gasteiger partial charge in [0.25, 0.3) is 0 Å². The Hall–Kier alpha value is -0.610. The van der Waals surface area contributed by atoms with E-state index in [-0.39, 0.29) is 17.9 Å². The average molecular weight is 231 g/mol. The molecule has 0 heterocycles. The minimum Gasteiger partial charge on any atom is -0.466 e. The highest BCUT2D eigenvalue weighted by Crippen LogP contribution is 2.13. The van der Waals surface area contributed by atoms with Crippen molar-refractivity contribution in [3.63, 3.8) is 0 Å². The lowest BCUT2D eigenvalue weighted by Gasteiger charge is -2.29. The molecule has 1 unspecified atom stereocenters. The van der Waals surface area contributed by atoms with E-state index in [9.17, 15) is 9.90 Å². The number of ether oxygens (including phenoxy) is 1. The van der Waals surface area contributed by atoms with E-state index in [1.54, 1.807) is 6.92 Å². The molecule has 16 heavy (non-hydrogen) atoms. The Labute approximate surface area is 98.4 Å². The van der Waals surface area contributed by atoms with Gasteiger partial charge in [0.2, 0.25) is 0 Å². The molecule has 0 spiro atoms. The van der Waals surface area contributed by atoms with Gasteiger partial charge in [0.05, 0.1) is 19.1 Å². The molecular weight excluding hydrogens is 206 g/mol. The minimum atomic E-state index is -0.670. The van der Waals surface area contributed by atoms with E-state index < -0.39 is 6.10 Å². The fourth-order valence-electron chi connectivity index (χ4n) is 1.35. The number of esters is 1. The highest BCUT2D eigenvalue weighted by atomic mass is 16.5. The molecular formula is C12H25NO3. The van der Waals surface area contributed by atoms with Crippen LogP contribution in [-0.2, 0) is 9.53 Å². The summed E-state index contributed by atoms with van der Waals surface area (Å²) in [5.74, 6) is -0.341. The Morgan fingerprint density at radius 2 is 1.94 bits per heavy atom. The van der Waals surface area contributed by atoms with Crippen molar-refractivity contribution in [2.45, 2.75) is 58.6 Å². The Morgan fingerprint density at radius 1 is 1.38 bits per heavy atom. The van der Waals surface area contributed by atoms with Crippen LogP contribution in [0, 0.1) is 0 Å². The number of rotatable bonds is 8. The number of hydrogen-bond donors (Lipinski definition) is 2. The van der Waals surface area contributed by atoms with E-state index >= 15 is 0 Å². The van der Waals surface area contributed by atoms with E-state index in [1.807, 2.05) is 0 Å². The molecule has 0 rings (SSSR count). The van der Waals surface area contributed by atoms with Gasteiger partial charge in [0.15, 0.2) is 0 Å². The summed E-state index contributed by atoms with van der Waals surface area (Å²) in [5, 5.41) is 12.9. The first-order valence-corrected chi connectivity index (χ1v) is 6.06. The van der Waals surface area contributed by atoms with E-state index in [4.69, 9.17) is 4.74 Å². The number of aliphatic hydroxyl groups excluding tert-OH is 1. The SMILES string of the molecule is CCOC(=O)CC(O)CNC(C)(CC)CC. The third-order valence-electron chi connectivity index (χ3n) is 3.03. The molecule has 0 aliphatic rings. The number of aliphatic hydroxyl groups is 1. The molecule has 0 radical (unpaired) electrons. The monoisotopic (exact) mass is 231 g/mol. The molecule has 96 valence electrons. The molecule has 0 aliphatic heterocycles. The lowest BCUT2D eigenvalue weighted by molar-refractivity contribution is -0.145. The van der Waals surface area contributed by atoms with Crippen LogP contribution in [0.1, 0.15) is 47.0 Å². The smallest absolute Gasteiger partial charge is 0.308 e. The van der Waals surface area contributed by atoms with Crippen molar-refractivity contribution < 1.29 is 14.6 Å². The predicted molar refractivity (Wildman–Crippen MR) is 64.2 cm³/mol. The number of carbonyl (C=O) groups is 1. The maximum Gasteiger partial charge on any atom is 0.308 e. The van der Waals surface area contributed by atoms with Gasteiger partial charge < -0.3 is 15.2 Å². The summed E-state index contributed by atoms with van der Waals surface area (Å²) < 4.78 is 4.77.